The third-order valence-electron chi connectivity index (χ3n) is 3.73. The second-order valence-corrected chi connectivity index (χ2v) is 7.18. The normalized spacial score (nSPS) is 11.8. The molecular weight excluding hydrogens is 367 g/mol. The molecule has 3 aromatic rings. The summed E-state index contributed by atoms with van der Waals surface area (Å²) >= 11 is 1.22. The Morgan fingerprint density at radius 3 is 2.74 bits per heavy atom. The highest BCUT2D eigenvalue weighted by molar-refractivity contribution is 8.00. The number of hydrogen-bond acceptors (Lipinski definition) is 5. The Hall–Kier alpha value is -2.87. The first-order valence-electron chi connectivity index (χ1n) is 8.34. The molecule has 3 rings (SSSR count). The van der Waals surface area contributed by atoms with Crippen LogP contribution in [0.5, 0.6) is 5.75 Å². The smallest absolute Gasteiger partial charge is 0.237 e. The van der Waals surface area contributed by atoms with Crippen molar-refractivity contribution in [3.63, 3.8) is 0 Å². The van der Waals surface area contributed by atoms with Crippen LogP contribution in [-0.4, -0.2) is 26.3 Å². The molecule has 0 unspecified atom stereocenters. The van der Waals surface area contributed by atoms with Gasteiger partial charge in [0.1, 0.15) is 18.2 Å². The molecule has 27 heavy (non-hydrogen) atoms. The number of anilines is 1. The highest BCUT2D eigenvalue weighted by Gasteiger charge is 2.17. The van der Waals surface area contributed by atoms with Crippen LogP contribution in [0.1, 0.15) is 18.3 Å². The summed E-state index contributed by atoms with van der Waals surface area (Å²) in [4.78, 5) is 16.6. The van der Waals surface area contributed by atoms with Gasteiger partial charge in [0, 0.05) is 5.69 Å². The number of aryl methyl sites for hydroxylation is 1. The number of benzene rings is 2. The summed E-state index contributed by atoms with van der Waals surface area (Å²) < 4.78 is 18.6. The van der Waals surface area contributed by atoms with E-state index in [1.165, 1.54) is 36.0 Å². The van der Waals surface area contributed by atoms with Crippen molar-refractivity contribution in [2.75, 3.05) is 5.32 Å². The number of carbonyl (C=O) groups is 1. The molecule has 0 fully saturated rings. The number of aromatic nitrogens is 3. The lowest BCUT2D eigenvalue weighted by atomic mass is 10.2. The molecule has 6 nitrogen and oxygen atoms in total. The Kier molecular flexibility index (Phi) is 6.08. The van der Waals surface area contributed by atoms with Gasteiger partial charge in [0.25, 0.3) is 0 Å². The van der Waals surface area contributed by atoms with E-state index in [1.54, 1.807) is 6.92 Å². The van der Waals surface area contributed by atoms with Crippen molar-refractivity contribution < 1.29 is 13.9 Å². The van der Waals surface area contributed by atoms with Crippen LogP contribution in [0.2, 0.25) is 0 Å². The third-order valence-corrected chi connectivity index (χ3v) is 4.69. The lowest BCUT2D eigenvalue weighted by Crippen LogP contribution is -2.22. The summed E-state index contributed by atoms with van der Waals surface area (Å²) in [5.74, 6) is 0.799. The Labute approximate surface area is 160 Å². The molecule has 1 heterocycles. The van der Waals surface area contributed by atoms with Crippen molar-refractivity contribution in [3.05, 3.63) is 65.7 Å². The molecule has 1 aromatic heterocycles. The Morgan fingerprint density at radius 1 is 1.26 bits per heavy atom. The number of carbonyl (C=O) groups excluding carboxylic acids is 1. The number of hydrogen-bond donors (Lipinski definition) is 2. The van der Waals surface area contributed by atoms with Crippen LogP contribution in [0.3, 0.4) is 0 Å². The predicted molar refractivity (Wildman–Crippen MR) is 102 cm³/mol. The van der Waals surface area contributed by atoms with E-state index < -0.39 is 5.25 Å². The zero-order valence-corrected chi connectivity index (χ0v) is 15.7. The molecule has 0 aliphatic heterocycles. The molecule has 140 valence electrons. The fourth-order valence-corrected chi connectivity index (χ4v) is 2.99. The van der Waals surface area contributed by atoms with E-state index in [4.69, 9.17) is 4.74 Å². The molecule has 2 aromatic carbocycles. The van der Waals surface area contributed by atoms with Gasteiger partial charge in [-0.25, -0.2) is 9.37 Å². The van der Waals surface area contributed by atoms with Crippen molar-refractivity contribution in [2.24, 2.45) is 0 Å². The van der Waals surface area contributed by atoms with Gasteiger partial charge in [0.2, 0.25) is 11.1 Å². The molecule has 8 heteroatoms. The maximum Gasteiger partial charge on any atom is 0.237 e. The maximum absolute atomic E-state index is 12.9. The minimum atomic E-state index is -0.420. The van der Waals surface area contributed by atoms with Crippen molar-refractivity contribution >= 4 is 23.4 Å². The zero-order valence-electron chi connectivity index (χ0n) is 14.9. The van der Waals surface area contributed by atoms with Crippen molar-refractivity contribution in [1.29, 1.82) is 0 Å². The summed E-state index contributed by atoms with van der Waals surface area (Å²) in [6.07, 6.45) is 0. The summed E-state index contributed by atoms with van der Waals surface area (Å²) in [5.41, 5.74) is 1.58. The average molecular weight is 386 g/mol. The lowest BCUT2D eigenvalue weighted by Gasteiger charge is -2.10. The number of nitrogens with zero attached hydrogens (tertiary/aromatic N) is 2. The Balaban J connectivity index is 1.52. The fraction of sp³-hybridized carbons (Fsp3) is 0.211. The van der Waals surface area contributed by atoms with Crippen molar-refractivity contribution in [2.45, 2.75) is 30.9 Å². The minimum absolute atomic E-state index is 0.214. The second kappa shape index (κ2) is 8.68. The van der Waals surface area contributed by atoms with Crippen LogP contribution in [0.4, 0.5) is 10.1 Å². The number of thioether (sulfide) groups is 1. The number of amides is 1. The van der Waals surface area contributed by atoms with E-state index in [1.807, 2.05) is 31.2 Å². The van der Waals surface area contributed by atoms with E-state index in [0.717, 1.165) is 11.3 Å². The van der Waals surface area contributed by atoms with Gasteiger partial charge in [0.15, 0.2) is 5.82 Å². The fourth-order valence-electron chi connectivity index (χ4n) is 2.25. The highest BCUT2D eigenvalue weighted by atomic mass is 32.2. The van der Waals surface area contributed by atoms with Gasteiger partial charge in [-0.1, -0.05) is 30.0 Å². The average Bonchev–Trinajstić information content (AvgIpc) is 3.10. The molecule has 1 amide bonds. The summed E-state index contributed by atoms with van der Waals surface area (Å²) in [6, 6.07) is 13.3. The van der Waals surface area contributed by atoms with Crippen LogP contribution in [0.15, 0.2) is 53.7 Å². The van der Waals surface area contributed by atoms with Gasteiger partial charge in [-0.15, -0.1) is 5.10 Å². The first-order chi connectivity index (χ1) is 13.0. The third kappa shape index (κ3) is 5.30. The van der Waals surface area contributed by atoms with Crippen LogP contribution in [0, 0.1) is 12.7 Å². The van der Waals surface area contributed by atoms with Gasteiger partial charge in [-0.2, -0.15) is 0 Å². The predicted octanol–water partition coefficient (Wildman–Crippen LogP) is 3.95. The molecule has 0 saturated carbocycles. The quantitative estimate of drug-likeness (QED) is 0.601. The SMILES string of the molecule is Cc1ccccc1OCc1nc(S[C@H](C)C(=O)Nc2ccc(F)cc2)n[nH]1. The molecule has 0 bridgehead atoms. The lowest BCUT2D eigenvalue weighted by molar-refractivity contribution is -0.115. The summed E-state index contributed by atoms with van der Waals surface area (Å²) in [6.45, 7) is 3.98. The van der Waals surface area contributed by atoms with E-state index >= 15 is 0 Å². The largest absolute Gasteiger partial charge is 0.485 e. The molecule has 0 radical (unpaired) electrons. The van der Waals surface area contributed by atoms with Crippen LogP contribution < -0.4 is 10.1 Å². The number of H-pyrrole nitrogens is 1. The van der Waals surface area contributed by atoms with Crippen molar-refractivity contribution in [1.82, 2.24) is 15.2 Å². The maximum atomic E-state index is 12.9. The van der Waals surface area contributed by atoms with E-state index in [9.17, 15) is 9.18 Å². The molecule has 1 atom stereocenters. The molecular formula is C19H19FN4O2S. The van der Waals surface area contributed by atoms with Gasteiger partial charge in [-0.3, -0.25) is 9.89 Å². The van der Waals surface area contributed by atoms with Crippen LogP contribution in [0.25, 0.3) is 0 Å². The molecule has 0 spiro atoms. The number of rotatable bonds is 7. The molecule has 0 saturated heterocycles. The number of aromatic amines is 1. The van der Waals surface area contributed by atoms with E-state index in [2.05, 4.69) is 20.5 Å². The van der Waals surface area contributed by atoms with Crippen LogP contribution in [-0.2, 0) is 11.4 Å². The summed E-state index contributed by atoms with van der Waals surface area (Å²) in [7, 11) is 0. The summed E-state index contributed by atoms with van der Waals surface area (Å²) in [5, 5.41) is 9.69. The standard InChI is InChI=1S/C19H19FN4O2S/c1-12-5-3-4-6-16(12)26-11-17-22-19(24-23-17)27-13(2)18(25)21-15-9-7-14(20)8-10-15/h3-10,13H,11H2,1-2H3,(H,21,25)(H,22,23,24)/t13-/m1/s1. The van der Waals surface area contributed by atoms with Gasteiger partial charge in [-0.05, 0) is 49.7 Å². The van der Waals surface area contributed by atoms with Crippen molar-refractivity contribution in [3.8, 4) is 5.75 Å². The number of para-hydroxylation sites is 1. The minimum Gasteiger partial charge on any atom is -0.485 e. The Morgan fingerprint density at radius 2 is 2.00 bits per heavy atom. The number of nitrogens with one attached hydrogen (secondary N) is 2. The zero-order chi connectivity index (χ0) is 19.2. The van der Waals surface area contributed by atoms with Gasteiger partial charge in [0.05, 0.1) is 5.25 Å². The number of halogens is 1. The monoisotopic (exact) mass is 386 g/mol. The molecule has 0 aliphatic rings. The highest BCUT2D eigenvalue weighted by Crippen LogP contribution is 2.22. The van der Waals surface area contributed by atoms with E-state index in [0.29, 0.717) is 16.7 Å². The van der Waals surface area contributed by atoms with E-state index in [-0.39, 0.29) is 18.3 Å². The Bertz CT molecular complexity index is 914. The molecule has 0 aliphatic carbocycles. The topological polar surface area (TPSA) is 79.9 Å². The molecule has 2 N–H and O–H groups in total. The first kappa shape index (κ1) is 18.9. The first-order valence-corrected chi connectivity index (χ1v) is 9.22. The number of ether oxygens (including phenoxy) is 1. The second-order valence-electron chi connectivity index (χ2n) is 5.88. The van der Waals surface area contributed by atoms with Gasteiger partial charge < -0.3 is 10.1 Å². The van der Waals surface area contributed by atoms with Crippen LogP contribution >= 0.6 is 11.8 Å². The van der Waals surface area contributed by atoms with Gasteiger partial charge >= 0.3 is 0 Å².